The first-order valence-electron chi connectivity index (χ1n) is 7.02. The van der Waals surface area contributed by atoms with Crippen LogP contribution in [-0.4, -0.2) is 4.57 Å². The lowest BCUT2D eigenvalue weighted by molar-refractivity contribution is 0.453. The maximum atomic E-state index is 9.22. The third-order valence-electron chi connectivity index (χ3n) is 5.90. The molecule has 3 heteroatoms. The molecule has 0 saturated heterocycles. The molecular formula is C15H19N3. The number of hydrogen-bond acceptors (Lipinski definition) is 2. The van der Waals surface area contributed by atoms with E-state index in [1.807, 2.05) is 6.92 Å². The summed E-state index contributed by atoms with van der Waals surface area (Å²) in [5.41, 5.74) is 9.20. The summed E-state index contributed by atoms with van der Waals surface area (Å²) < 4.78 is 2.29. The third-order valence-corrected chi connectivity index (χ3v) is 5.90. The predicted molar refractivity (Wildman–Crippen MR) is 69.9 cm³/mol. The van der Waals surface area contributed by atoms with Crippen LogP contribution < -0.4 is 5.73 Å². The average molecular weight is 241 g/mol. The molecule has 0 spiro atoms. The first-order chi connectivity index (χ1) is 8.65. The number of aromatic nitrogens is 1. The maximum absolute atomic E-state index is 9.22. The van der Waals surface area contributed by atoms with Gasteiger partial charge < -0.3 is 10.3 Å². The molecule has 3 nitrogen and oxygen atoms in total. The molecule has 3 aliphatic rings. The van der Waals surface area contributed by atoms with Crippen LogP contribution in [-0.2, 0) is 0 Å². The molecule has 0 amide bonds. The number of nitriles is 1. The van der Waals surface area contributed by atoms with Crippen molar-refractivity contribution < 1.29 is 0 Å². The fraction of sp³-hybridized carbons (Fsp3) is 0.667. The molecule has 1 aromatic rings. The molecule has 2 bridgehead atoms. The van der Waals surface area contributed by atoms with Gasteiger partial charge in [0, 0.05) is 11.7 Å². The monoisotopic (exact) mass is 241 g/mol. The molecule has 3 fully saturated rings. The van der Waals surface area contributed by atoms with Crippen molar-refractivity contribution in [2.45, 2.75) is 39.2 Å². The molecule has 0 aromatic carbocycles. The quantitative estimate of drug-likeness (QED) is 0.822. The van der Waals surface area contributed by atoms with Gasteiger partial charge in [0.15, 0.2) is 0 Å². The molecule has 4 atom stereocenters. The Hall–Kier alpha value is -1.43. The van der Waals surface area contributed by atoms with E-state index in [0.29, 0.717) is 17.4 Å². The van der Waals surface area contributed by atoms with Crippen molar-refractivity contribution in [3.05, 3.63) is 16.8 Å². The highest BCUT2D eigenvalue weighted by Gasteiger charge is 2.66. The summed E-state index contributed by atoms with van der Waals surface area (Å²) >= 11 is 0. The summed E-state index contributed by atoms with van der Waals surface area (Å²) in [6.07, 6.45) is 4.30. The zero-order valence-corrected chi connectivity index (χ0v) is 11.0. The lowest BCUT2D eigenvalue weighted by atomic mass is 10.0. The van der Waals surface area contributed by atoms with E-state index in [0.717, 1.165) is 29.2 Å². The average Bonchev–Trinajstić information content (AvgIpc) is 2.69. The first kappa shape index (κ1) is 10.5. The van der Waals surface area contributed by atoms with Crippen LogP contribution in [0.25, 0.3) is 0 Å². The number of nitrogen functional groups attached to an aromatic ring is 1. The highest BCUT2D eigenvalue weighted by molar-refractivity contribution is 5.58. The van der Waals surface area contributed by atoms with E-state index in [1.165, 1.54) is 25.0 Å². The molecule has 4 unspecified atom stereocenters. The molecule has 18 heavy (non-hydrogen) atoms. The number of rotatable bonds is 1. The van der Waals surface area contributed by atoms with Crippen LogP contribution >= 0.6 is 0 Å². The summed E-state index contributed by atoms with van der Waals surface area (Å²) in [7, 11) is 0. The van der Waals surface area contributed by atoms with Gasteiger partial charge in [-0.15, -0.1) is 0 Å². The lowest BCUT2D eigenvalue weighted by Crippen LogP contribution is -2.09. The van der Waals surface area contributed by atoms with Crippen LogP contribution in [0.4, 0.5) is 5.82 Å². The van der Waals surface area contributed by atoms with Gasteiger partial charge in [0.25, 0.3) is 0 Å². The van der Waals surface area contributed by atoms with Crippen LogP contribution in [0, 0.1) is 48.9 Å². The Morgan fingerprint density at radius 2 is 1.83 bits per heavy atom. The lowest BCUT2D eigenvalue weighted by Gasteiger charge is -2.14. The predicted octanol–water partition coefficient (Wildman–Crippen LogP) is 2.78. The smallest absolute Gasteiger partial charge is 0.122 e. The van der Waals surface area contributed by atoms with Gasteiger partial charge in [-0.2, -0.15) is 5.26 Å². The highest BCUT2D eigenvalue weighted by Crippen LogP contribution is 2.72. The summed E-state index contributed by atoms with van der Waals surface area (Å²) in [4.78, 5) is 0. The number of nitrogens with zero attached hydrogens (tertiary/aromatic N) is 2. The van der Waals surface area contributed by atoms with Gasteiger partial charge in [-0.3, -0.25) is 0 Å². The van der Waals surface area contributed by atoms with Gasteiger partial charge in [-0.1, -0.05) is 0 Å². The molecule has 0 radical (unpaired) electrons. The van der Waals surface area contributed by atoms with Gasteiger partial charge in [0.05, 0.1) is 5.56 Å². The van der Waals surface area contributed by atoms with Crippen molar-refractivity contribution in [1.82, 2.24) is 4.57 Å². The number of nitrogens with two attached hydrogens (primary N) is 1. The van der Waals surface area contributed by atoms with Gasteiger partial charge in [-0.05, 0) is 62.3 Å². The van der Waals surface area contributed by atoms with Crippen LogP contribution in [0.5, 0.6) is 0 Å². The Balaban J connectivity index is 1.78. The summed E-state index contributed by atoms with van der Waals surface area (Å²) in [6, 6.07) is 2.87. The minimum absolute atomic E-state index is 0.608. The van der Waals surface area contributed by atoms with Crippen molar-refractivity contribution in [2.75, 3.05) is 5.73 Å². The second-order valence-corrected chi connectivity index (χ2v) is 6.43. The van der Waals surface area contributed by atoms with Crippen LogP contribution in [0.2, 0.25) is 0 Å². The van der Waals surface area contributed by atoms with E-state index in [9.17, 15) is 5.26 Å². The van der Waals surface area contributed by atoms with E-state index >= 15 is 0 Å². The van der Waals surface area contributed by atoms with Crippen molar-refractivity contribution in [3.8, 4) is 6.07 Å². The van der Waals surface area contributed by atoms with Crippen molar-refractivity contribution in [1.29, 1.82) is 5.26 Å². The first-order valence-corrected chi connectivity index (χ1v) is 7.02. The Kier molecular flexibility index (Phi) is 1.82. The van der Waals surface area contributed by atoms with E-state index < -0.39 is 0 Å². The maximum Gasteiger partial charge on any atom is 0.122 e. The highest BCUT2D eigenvalue weighted by atomic mass is 15.2. The summed E-state index contributed by atoms with van der Waals surface area (Å²) in [5, 5.41) is 9.22. The summed E-state index contributed by atoms with van der Waals surface area (Å²) in [5.74, 6) is 4.33. The fourth-order valence-electron chi connectivity index (χ4n) is 5.00. The zero-order valence-electron chi connectivity index (χ0n) is 11.0. The Morgan fingerprint density at radius 3 is 2.33 bits per heavy atom. The Bertz CT molecular complexity index is 562. The van der Waals surface area contributed by atoms with Gasteiger partial charge >= 0.3 is 0 Å². The Morgan fingerprint density at radius 1 is 1.22 bits per heavy atom. The van der Waals surface area contributed by atoms with Crippen LogP contribution in [0.1, 0.15) is 42.1 Å². The van der Waals surface area contributed by atoms with Crippen molar-refractivity contribution >= 4 is 5.82 Å². The number of anilines is 1. The molecule has 94 valence electrons. The largest absolute Gasteiger partial charge is 0.384 e. The Labute approximate surface area is 108 Å². The molecule has 2 N–H and O–H groups in total. The number of fused-ring (bicyclic) bond motifs is 5. The van der Waals surface area contributed by atoms with E-state index in [2.05, 4.69) is 17.6 Å². The van der Waals surface area contributed by atoms with E-state index in [1.54, 1.807) is 0 Å². The molecule has 1 heterocycles. The van der Waals surface area contributed by atoms with E-state index in [4.69, 9.17) is 5.73 Å². The molecule has 3 aliphatic carbocycles. The second kappa shape index (κ2) is 3.12. The zero-order chi connectivity index (χ0) is 12.6. The number of hydrogen-bond donors (Lipinski definition) is 1. The fourth-order valence-corrected chi connectivity index (χ4v) is 5.00. The SMILES string of the molecule is Cc1c(C#N)c(N)n(C2C3C4CCC(C4)C32)c1C. The van der Waals surface area contributed by atoms with Crippen LogP contribution in [0.3, 0.4) is 0 Å². The normalized spacial score (nSPS) is 39.7. The summed E-state index contributed by atoms with van der Waals surface area (Å²) in [6.45, 7) is 4.13. The van der Waals surface area contributed by atoms with Gasteiger partial charge in [0.1, 0.15) is 11.9 Å². The van der Waals surface area contributed by atoms with Crippen molar-refractivity contribution in [2.24, 2.45) is 23.7 Å². The topological polar surface area (TPSA) is 54.7 Å². The molecule has 3 saturated carbocycles. The second-order valence-electron chi connectivity index (χ2n) is 6.43. The molecular weight excluding hydrogens is 222 g/mol. The van der Waals surface area contributed by atoms with Gasteiger partial charge in [-0.25, -0.2) is 0 Å². The standard InChI is InChI=1S/C15H19N3/c1-7-8(2)18(15(17)11(7)6-16)14-12-9-3-4-10(5-9)13(12)14/h9-10,12-14H,3-5,17H2,1-2H3. The van der Waals surface area contributed by atoms with E-state index in [-0.39, 0.29) is 0 Å². The minimum Gasteiger partial charge on any atom is -0.384 e. The molecule has 4 rings (SSSR count). The molecule has 0 aliphatic heterocycles. The van der Waals surface area contributed by atoms with Gasteiger partial charge in [0.2, 0.25) is 0 Å². The van der Waals surface area contributed by atoms with Crippen molar-refractivity contribution in [3.63, 3.8) is 0 Å². The minimum atomic E-state index is 0.608. The van der Waals surface area contributed by atoms with Crippen LogP contribution in [0.15, 0.2) is 0 Å². The third kappa shape index (κ3) is 1.01. The molecule has 1 aromatic heterocycles.